The average molecular weight is 494 g/mol. The van der Waals surface area contributed by atoms with Gasteiger partial charge in [0.15, 0.2) is 9.84 Å². The normalized spacial score (nSPS) is 16.4. The van der Waals surface area contributed by atoms with Gasteiger partial charge < -0.3 is 15.5 Å². The van der Waals surface area contributed by atoms with Gasteiger partial charge in [-0.1, -0.05) is 12.1 Å². The van der Waals surface area contributed by atoms with E-state index in [1.807, 2.05) is 11.8 Å². The third-order valence-electron chi connectivity index (χ3n) is 6.44. The van der Waals surface area contributed by atoms with Crippen LogP contribution in [0.1, 0.15) is 43.4 Å². The molecule has 0 bridgehead atoms. The molecule has 186 valence electrons. The van der Waals surface area contributed by atoms with Crippen LogP contribution in [0.2, 0.25) is 0 Å². The van der Waals surface area contributed by atoms with Gasteiger partial charge in [0.2, 0.25) is 5.91 Å². The number of nitrogens with zero attached hydrogens (tertiary/aromatic N) is 2. The number of carbonyl (C=O) groups excluding carboxylic acids is 1. The lowest BCUT2D eigenvalue weighted by Crippen LogP contribution is -2.48. The Morgan fingerprint density at radius 2 is 1.71 bits per heavy atom. The average Bonchev–Trinajstić information content (AvgIpc) is 2.78. The van der Waals surface area contributed by atoms with Gasteiger partial charge in [-0.25, -0.2) is 17.2 Å². The molecule has 9 heteroatoms. The molecule has 0 radical (unpaired) electrons. The Balaban J connectivity index is 1.49. The van der Waals surface area contributed by atoms with E-state index in [2.05, 4.69) is 4.90 Å². The topological polar surface area (TPSA) is 83.7 Å². The van der Waals surface area contributed by atoms with E-state index in [0.717, 1.165) is 50.4 Å². The maximum Gasteiger partial charge on any atom is 0.227 e. The molecule has 6 nitrogen and oxygen atoms in total. The van der Waals surface area contributed by atoms with E-state index in [0.29, 0.717) is 18.5 Å². The molecule has 1 amide bonds. The highest BCUT2D eigenvalue weighted by atomic mass is 32.2. The fraction of sp³-hybridized carbons (Fsp3) is 0.480. The number of hydrogen-bond acceptors (Lipinski definition) is 5. The molecule has 2 N–H and O–H groups in total. The summed E-state index contributed by atoms with van der Waals surface area (Å²) in [6.45, 7) is 4.94. The van der Waals surface area contributed by atoms with Crippen LogP contribution in [0.5, 0.6) is 0 Å². The largest absolute Gasteiger partial charge is 0.340 e. The summed E-state index contributed by atoms with van der Waals surface area (Å²) >= 11 is 0. The predicted molar refractivity (Wildman–Crippen MR) is 128 cm³/mol. The van der Waals surface area contributed by atoms with Gasteiger partial charge in [-0.05, 0) is 68.1 Å². The number of amides is 1. The second-order valence-corrected chi connectivity index (χ2v) is 11.0. The first kappa shape index (κ1) is 26.2. The van der Waals surface area contributed by atoms with Crippen molar-refractivity contribution in [3.63, 3.8) is 0 Å². The first-order valence-corrected chi connectivity index (χ1v) is 13.5. The highest BCUT2D eigenvalue weighted by Crippen LogP contribution is 2.21. The smallest absolute Gasteiger partial charge is 0.227 e. The Hall–Kier alpha value is -2.36. The summed E-state index contributed by atoms with van der Waals surface area (Å²) in [5.41, 5.74) is 7.39. The summed E-state index contributed by atoms with van der Waals surface area (Å²) < 4.78 is 50.1. The zero-order valence-corrected chi connectivity index (χ0v) is 20.5. The van der Waals surface area contributed by atoms with Crippen LogP contribution in [0.3, 0.4) is 0 Å². The maximum atomic E-state index is 13.4. The van der Waals surface area contributed by atoms with Crippen molar-refractivity contribution in [3.8, 4) is 0 Å². The van der Waals surface area contributed by atoms with E-state index in [1.165, 1.54) is 24.3 Å². The van der Waals surface area contributed by atoms with Crippen LogP contribution in [0.4, 0.5) is 8.78 Å². The number of hydrogen-bond donors (Lipinski definition) is 1. The van der Waals surface area contributed by atoms with E-state index in [9.17, 15) is 22.0 Å². The lowest BCUT2D eigenvalue weighted by Gasteiger charge is -2.38. The fourth-order valence-electron chi connectivity index (χ4n) is 4.50. The van der Waals surface area contributed by atoms with E-state index in [4.69, 9.17) is 5.73 Å². The number of piperidine rings is 1. The number of rotatable bonds is 9. The molecule has 1 aliphatic rings. The number of likely N-dealkylation sites (N-methyl/N-ethyl adjacent to an activating group) is 1. The van der Waals surface area contributed by atoms with Crippen LogP contribution in [0.25, 0.3) is 0 Å². The SMILES string of the molecule is CCN(C(=O)Cc1ccc(S(C)(=O)=O)cc1)C1CCN(CC[C@H](N)c2cc(F)cc(F)c2)CC1. The molecular weight excluding hydrogens is 460 g/mol. The van der Waals surface area contributed by atoms with E-state index in [-0.39, 0.29) is 23.3 Å². The van der Waals surface area contributed by atoms with Crippen LogP contribution in [0, 0.1) is 11.6 Å². The Morgan fingerprint density at radius 3 is 2.24 bits per heavy atom. The molecule has 1 aliphatic heterocycles. The van der Waals surface area contributed by atoms with Crippen molar-refractivity contribution in [2.24, 2.45) is 5.73 Å². The van der Waals surface area contributed by atoms with Crippen molar-refractivity contribution in [1.82, 2.24) is 9.80 Å². The molecule has 1 heterocycles. The number of likely N-dealkylation sites (tertiary alicyclic amines) is 1. The van der Waals surface area contributed by atoms with Gasteiger partial charge in [0.25, 0.3) is 0 Å². The molecule has 0 aromatic heterocycles. The van der Waals surface area contributed by atoms with E-state index >= 15 is 0 Å². The number of carbonyl (C=O) groups is 1. The monoisotopic (exact) mass is 493 g/mol. The standard InChI is InChI=1S/C25H33F2N3O3S/c1-3-30(25(31)14-18-4-6-23(7-5-18)34(2,32)33)22-8-11-29(12-9-22)13-10-24(28)19-15-20(26)17-21(27)16-19/h4-7,15-17,22,24H,3,8-14,28H2,1-2H3/t24-/m0/s1. The molecule has 1 fully saturated rings. The Morgan fingerprint density at radius 1 is 1.12 bits per heavy atom. The zero-order valence-electron chi connectivity index (χ0n) is 19.7. The summed E-state index contributed by atoms with van der Waals surface area (Å²) in [5, 5.41) is 0. The van der Waals surface area contributed by atoms with Gasteiger partial charge in [-0.15, -0.1) is 0 Å². The maximum absolute atomic E-state index is 13.4. The highest BCUT2D eigenvalue weighted by Gasteiger charge is 2.27. The first-order chi connectivity index (χ1) is 16.1. The van der Waals surface area contributed by atoms with Gasteiger partial charge >= 0.3 is 0 Å². The summed E-state index contributed by atoms with van der Waals surface area (Å²) in [6, 6.07) is 9.56. The van der Waals surface area contributed by atoms with Crippen molar-refractivity contribution in [3.05, 3.63) is 65.2 Å². The van der Waals surface area contributed by atoms with Crippen molar-refractivity contribution in [2.45, 2.75) is 49.6 Å². The second kappa shape index (κ2) is 11.4. The summed E-state index contributed by atoms with van der Waals surface area (Å²) in [7, 11) is -3.26. The minimum atomic E-state index is -3.26. The van der Waals surface area contributed by atoms with Crippen molar-refractivity contribution >= 4 is 15.7 Å². The van der Waals surface area contributed by atoms with Crippen LogP contribution >= 0.6 is 0 Å². The molecule has 1 atom stereocenters. The molecule has 2 aromatic rings. The van der Waals surface area contributed by atoms with Crippen molar-refractivity contribution < 1.29 is 22.0 Å². The number of benzene rings is 2. The zero-order chi connectivity index (χ0) is 24.9. The Kier molecular flexibility index (Phi) is 8.78. The Labute approximate surface area is 200 Å². The lowest BCUT2D eigenvalue weighted by molar-refractivity contribution is -0.133. The van der Waals surface area contributed by atoms with Crippen molar-refractivity contribution in [2.75, 3.05) is 32.4 Å². The van der Waals surface area contributed by atoms with Gasteiger partial charge in [0.1, 0.15) is 11.6 Å². The molecule has 0 saturated carbocycles. The fourth-order valence-corrected chi connectivity index (χ4v) is 5.13. The summed E-state index contributed by atoms with van der Waals surface area (Å²) in [4.78, 5) is 17.4. The molecule has 3 rings (SSSR count). The molecule has 0 unspecified atom stereocenters. The number of halogens is 2. The molecule has 0 aliphatic carbocycles. The second-order valence-electron chi connectivity index (χ2n) is 8.94. The minimum absolute atomic E-state index is 0.0307. The van der Waals surface area contributed by atoms with Gasteiger partial charge in [-0.2, -0.15) is 0 Å². The number of sulfone groups is 1. The quantitative estimate of drug-likeness (QED) is 0.580. The van der Waals surface area contributed by atoms with Gasteiger partial charge in [0.05, 0.1) is 11.3 Å². The molecular formula is C25H33F2N3O3S. The summed E-state index contributed by atoms with van der Waals surface area (Å²) in [5.74, 6) is -1.22. The minimum Gasteiger partial charge on any atom is -0.340 e. The third kappa shape index (κ3) is 7.07. The Bertz CT molecular complexity index is 1060. The van der Waals surface area contributed by atoms with E-state index < -0.39 is 27.5 Å². The third-order valence-corrected chi connectivity index (χ3v) is 7.56. The van der Waals surface area contributed by atoms with Crippen LogP contribution in [-0.4, -0.2) is 62.6 Å². The van der Waals surface area contributed by atoms with Gasteiger partial charge in [0, 0.05) is 44.0 Å². The van der Waals surface area contributed by atoms with Crippen molar-refractivity contribution in [1.29, 1.82) is 0 Å². The van der Waals surface area contributed by atoms with Crippen LogP contribution in [0.15, 0.2) is 47.4 Å². The van der Waals surface area contributed by atoms with Crippen LogP contribution in [-0.2, 0) is 21.1 Å². The van der Waals surface area contributed by atoms with Gasteiger partial charge in [-0.3, -0.25) is 4.79 Å². The lowest BCUT2D eigenvalue weighted by atomic mass is 10.00. The van der Waals surface area contributed by atoms with Crippen LogP contribution < -0.4 is 5.73 Å². The number of nitrogens with two attached hydrogens (primary N) is 1. The van der Waals surface area contributed by atoms with E-state index in [1.54, 1.807) is 12.1 Å². The molecule has 2 aromatic carbocycles. The predicted octanol–water partition coefficient (Wildman–Crippen LogP) is 3.31. The molecule has 34 heavy (non-hydrogen) atoms. The molecule has 0 spiro atoms. The first-order valence-electron chi connectivity index (χ1n) is 11.6. The summed E-state index contributed by atoms with van der Waals surface area (Å²) in [6.07, 6.45) is 3.67. The highest BCUT2D eigenvalue weighted by molar-refractivity contribution is 7.90. The molecule has 1 saturated heterocycles.